The van der Waals surface area contributed by atoms with Crippen molar-refractivity contribution in [2.75, 3.05) is 20.1 Å². The zero-order valence-electron chi connectivity index (χ0n) is 12.9. The maximum atomic E-state index is 12.6. The van der Waals surface area contributed by atoms with Crippen molar-refractivity contribution in [2.45, 2.75) is 33.0 Å². The molecule has 1 aliphatic rings. The van der Waals surface area contributed by atoms with E-state index in [9.17, 15) is 13.2 Å². The standard InChI is InChI=1S/C14H23F3N4/c1-9(12-7-19-11(12)3)6-20-13(18-4)21(5)8-10(2)14(15,16)17/h6,10-12,19H,4,7-8H2,1-3,5H3/b9-6+,20-13?/t10-,11+,12?/m1/s1. The average Bonchev–Trinajstić information content (AvgIpc) is 2.36. The van der Waals surface area contributed by atoms with Crippen molar-refractivity contribution >= 4 is 12.7 Å². The Morgan fingerprint density at radius 3 is 2.52 bits per heavy atom. The summed E-state index contributed by atoms with van der Waals surface area (Å²) in [6, 6.07) is 0.402. The minimum atomic E-state index is -4.22. The van der Waals surface area contributed by atoms with Gasteiger partial charge in [0.1, 0.15) is 0 Å². The van der Waals surface area contributed by atoms with Crippen LogP contribution in [-0.2, 0) is 0 Å². The molecule has 1 unspecified atom stereocenters. The van der Waals surface area contributed by atoms with Gasteiger partial charge in [-0.2, -0.15) is 13.2 Å². The molecule has 0 amide bonds. The fourth-order valence-electron chi connectivity index (χ4n) is 2.14. The van der Waals surface area contributed by atoms with Crippen LogP contribution in [0.1, 0.15) is 20.8 Å². The van der Waals surface area contributed by atoms with Crippen LogP contribution >= 0.6 is 0 Å². The van der Waals surface area contributed by atoms with E-state index in [-0.39, 0.29) is 12.5 Å². The molecule has 1 saturated heterocycles. The molecule has 1 rings (SSSR count). The number of hydrogen-bond acceptors (Lipinski definition) is 2. The Bertz CT molecular complexity index is 428. The first-order valence-electron chi connectivity index (χ1n) is 6.89. The van der Waals surface area contributed by atoms with Gasteiger partial charge in [0.15, 0.2) is 0 Å². The van der Waals surface area contributed by atoms with Crippen LogP contribution in [0.15, 0.2) is 21.8 Å². The number of halogens is 3. The van der Waals surface area contributed by atoms with E-state index in [0.29, 0.717) is 12.0 Å². The van der Waals surface area contributed by atoms with Gasteiger partial charge in [0.2, 0.25) is 5.96 Å². The lowest BCUT2D eigenvalue weighted by Crippen LogP contribution is -2.51. The summed E-state index contributed by atoms with van der Waals surface area (Å²) in [5.41, 5.74) is 1.08. The molecular weight excluding hydrogens is 281 g/mol. The van der Waals surface area contributed by atoms with Crippen LogP contribution in [0.5, 0.6) is 0 Å². The smallest absolute Gasteiger partial charge is 0.343 e. The van der Waals surface area contributed by atoms with Crippen LogP contribution in [0.25, 0.3) is 0 Å². The number of alkyl halides is 3. The number of guanidine groups is 1. The van der Waals surface area contributed by atoms with Crippen LogP contribution < -0.4 is 5.32 Å². The molecule has 0 bridgehead atoms. The number of rotatable bonds is 4. The van der Waals surface area contributed by atoms with Gasteiger partial charge in [-0.3, -0.25) is 0 Å². The molecule has 0 aromatic heterocycles. The lowest BCUT2D eigenvalue weighted by Gasteiger charge is -2.36. The van der Waals surface area contributed by atoms with Crippen molar-refractivity contribution in [1.82, 2.24) is 10.2 Å². The molecule has 120 valence electrons. The van der Waals surface area contributed by atoms with E-state index >= 15 is 0 Å². The van der Waals surface area contributed by atoms with Crippen LogP contribution in [0.2, 0.25) is 0 Å². The van der Waals surface area contributed by atoms with Crippen molar-refractivity contribution in [2.24, 2.45) is 21.8 Å². The third-order valence-corrected chi connectivity index (χ3v) is 3.82. The quantitative estimate of drug-likeness (QED) is 0.641. The topological polar surface area (TPSA) is 40.0 Å². The van der Waals surface area contributed by atoms with Gasteiger partial charge in [-0.1, -0.05) is 6.92 Å². The van der Waals surface area contributed by atoms with Gasteiger partial charge < -0.3 is 10.2 Å². The number of hydrogen-bond donors (Lipinski definition) is 1. The Labute approximate surface area is 123 Å². The maximum Gasteiger partial charge on any atom is 0.393 e. The summed E-state index contributed by atoms with van der Waals surface area (Å²) >= 11 is 0. The molecule has 1 aliphatic heterocycles. The van der Waals surface area contributed by atoms with Crippen LogP contribution in [0.4, 0.5) is 13.2 Å². The molecule has 0 aliphatic carbocycles. The molecule has 1 heterocycles. The van der Waals surface area contributed by atoms with E-state index in [1.54, 1.807) is 6.20 Å². The van der Waals surface area contributed by atoms with Gasteiger partial charge in [-0.25, -0.2) is 9.98 Å². The molecule has 1 N–H and O–H groups in total. The van der Waals surface area contributed by atoms with Crippen molar-refractivity contribution in [1.29, 1.82) is 0 Å². The Hall–Kier alpha value is -1.37. The van der Waals surface area contributed by atoms with Gasteiger partial charge in [-0.15, -0.1) is 0 Å². The summed E-state index contributed by atoms with van der Waals surface area (Å²) in [7, 11) is 1.53. The highest BCUT2D eigenvalue weighted by molar-refractivity contribution is 5.84. The third kappa shape index (κ3) is 4.84. The molecule has 1 fully saturated rings. The van der Waals surface area contributed by atoms with E-state index < -0.39 is 12.1 Å². The van der Waals surface area contributed by atoms with Crippen molar-refractivity contribution in [3.8, 4) is 0 Å². The summed E-state index contributed by atoms with van der Waals surface area (Å²) in [4.78, 5) is 9.26. The van der Waals surface area contributed by atoms with E-state index in [4.69, 9.17) is 0 Å². The molecule has 0 aromatic carbocycles. The Balaban J connectivity index is 2.70. The highest BCUT2D eigenvalue weighted by atomic mass is 19.4. The molecule has 4 nitrogen and oxygen atoms in total. The molecule has 0 radical (unpaired) electrons. The Morgan fingerprint density at radius 2 is 2.14 bits per heavy atom. The molecule has 0 saturated carbocycles. The minimum absolute atomic E-state index is 0.199. The Kier molecular flexibility index (Phi) is 5.95. The summed E-state index contributed by atoms with van der Waals surface area (Å²) in [6.07, 6.45) is -2.56. The van der Waals surface area contributed by atoms with E-state index in [1.165, 1.54) is 11.9 Å². The van der Waals surface area contributed by atoms with Crippen LogP contribution in [0.3, 0.4) is 0 Å². The van der Waals surface area contributed by atoms with E-state index in [2.05, 4.69) is 28.9 Å². The average molecular weight is 304 g/mol. The zero-order valence-corrected chi connectivity index (χ0v) is 12.9. The highest BCUT2D eigenvalue weighted by Gasteiger charge is 2.36. The molecule has 21 heavy (non-hydrogen) atoms. The van der Waals surface area contributed by atoms with Crippen molar-refractivity contribution < 1.29 is 13.2 Å². The van der Waals surface area contributed by atoms with Gasteiger partial charge in [0.05, 0.1) is 5.92 Å². The second-order valence-corrected chi connectivity index (χ2v) is 5.59. The normalized spacial score (nSPS) is 25.3. The number of nitrogens with zero attached hydrogens (tertiary/aromatic N) is 3. The monoisotopic (exact) mass is 304 g/mol. The predicted molar refractivity (Wildman–Crippen MR) is 79.5 cm³/mol. The summed E-state index contributed by atoms with van der Waals surface area (Å²) < 4.78 is 37.7. The molecular formula is C14H23F3N4. The number of aliphatic imine (C=N–C) groups is 2. The molecule has 0 spiro atoms. The van der Waals surface area contributed by atoms with Gasteiger partial charge >= 0.3 is 6.18 Å². The van der Waals surface area contributed by atoms with Crippen molar-refractivity contribution in [3.05, 3.63) is 11.8 Å². The van der Waals surface area contributed by atoms with Crippen molar-refractivity contribution in [3.63, 3.8) is 0 Å². The Morgan fingerprint density at radius 1 is 1.52 bits per heavy atom. The SMILES string of the molecule is C=NC(=N/C=C(\C)C1CN[C@H]1C)N(C)C[C@@H](C)C(F)(F)F. The predicted octanol–water partition coefficient (Wildman–Crippen LogP) is 2.68. The molecule has 0 aromatic rings. The highest BCUT2D eigenvalue weighted by Crippen LogP contribution is 2.26. The van der Waals surface area contributed by atoms with Gasteiger partial charge in [0.25, 0.3) is 0 Å². The largest absolute Gasteiger partial charge is 0.393 e. The molecule has 7 heteroatoms. The lowest BCUT2D eigenvalue weighted by molar-refractivity contribution is -0.171. The van der Waals surface area contributed by atoms with E-state index in [0.717, 1.165) is 19.0 Å². The van der Waals surface area contributed by atoms with Gasteiger partial charge in [0, 0.05) is 38.3 Å². The van der Waals surface area contributed by atoms with Crippen LogP contribution in [0, 0.1) is 11.8 Å². The third-order valence-electron chi connectivity index (χ3n) is 3.82. The first kappa shape index (κ1) is 17.7. The second-order valence-electron chi connectivity index (χ2n) is 5.59. The number of nitrogens with one attached hydrogen (secondary N) is 1. The van der Waals surface area contributed by atoms with Gasteiger partial charge in [-0.05, 0) is 26.1 Å². The fraction of sp³-hybridized carbons (Fsp3) is 0.714. The summed E-state index contributed by atoms with van der Waals surface area (Å²) in [5.74, 6) is -0.833. The summed E-state index contributed by atoms with van der Waals surface area (Å²) in [5, 5.41) is 3.25. The maximum absolute atomic E-state index is 12.6. The first-order valence-corrected chi connectivity index (χ1v) is 6.89. The van der Waals surface area contributed by atoms with Crippen LogP contribution in [-0.4, -0.2) is 49.9 Å². The zero-order chi connectivity index (χ0) is 16.2. The minimum Gasteiger partial charge on any atom is -0.343 e. The first-order chi connectivity index (χ1) is 9.66. The summed E-state index contributed by atoms with van der Waals surface area (Å²) in [6.45, 7) is 9.26. The lowest BCUT2D eigenvalue weighted by atomic mass is 9.87. The second kappa shape index (κ2) is 7.06. The van der Waals surface area contributed by atoms with E-state index in [1.807, 2.05) is 6.92 Å². The fourth-order valence-corrected chi connectivity index (χ4v) is 2.14. The molecule has 3 atom stereocenters.